The molecule has 2 unspecified atom stereocenters. The standard InChI is InChI=1S/C9H19NO2/c1-8(2)7(11)5-6-10(4)9(8,3)12/h7,11-12H,5-6H2,1-4H3. The minimum atomic E-state index is -0.912. The number of aliphatic hydroxyl groups excluding tert-OH is 1. The summed E-state index contributed by atoms with van der Waals surface area (Å²) >= 11 is 0. The van der Waals surface area contributed by atoms with Crippen LogP contribution in [-0.4, -0.2) is 40.5 Å². The van der Waals surface area contributed by atoms with Crippen molar-refractivity contribution in [3.05, 3.63) is 0 Å². The Kier molecular flexibility index (Phi) is 2.23. The lowest BCUT2D eigenvalue weighted by Crippen LogP contribution is -2.63. The van der Waals surface area contributed by atoms with E-state index in [1.165, 1.54) is 0 Å². The van der Waals surface area contributed by atoms with Crippen LogP contribution in [-0.2, 0) is 0 Å². The monoisotopic (exact) mass is 173 g/mol. The van der Waals surface area contributed by atoms with Crippen LogP contribution in [0.3, 0.4) is 0 Å². The minimum absolute atomic E-state index is 0.413. The maximum absolute atomic E-state index is 10.1. The van der Waals surface area contributed by atoms with E-state index in [0.717, 1.165) is 13.0 Å². The first-order chi connectivity index (χ1) is 5.30. The lowest BCUT2D eigenvalue weighted by atomic mass is 9.72. The van der Waals surface area contributed by atoms with E-state index in [-0.39, 0.29) is 0 Å². The topological polar surface area (TPSA) is 43.7 Å². The average Bonchev–Trinajstić information content (AvgIpc) is 1.96. The van der Waals surface area contributed by atoms with Gasteiger partial charge in [-0.2, -0.15) is 0 Å². The first-order valence-corrected chi connectivity index (χ1v) is 4.42. The summed E-state index contributed by atoms with van der Waals surface area (Å²) < 4.78 is 0. The Morgan fingerprint density at radius 2 is 1.83 bits per heavy atom. The SMILES string of the molecule is CN1CCC(O)C(C)(C)C1(C)O. The van der Waals surface area contributed by atoms with Crippen molar-refractivity contribution in [2.24, 2.45) is 5.41 Å². The zero-order valence-electron chi connectivity index (χ0n) is 8.33. The molecule has 1 rings (SSSR count). The number of aliphatic hydroxyl groups is 2. The molecule has 0 aromatic heterocycles. The van der Waals surface area contributed by atoms with Gasteiger partial charge >= 0.3 is 0 Å². The molecule has 2 atom stereocenters. The highest BCUT2D eigenvalue weighted by Gasteiger charge is 2.50. The smallest absolute Gasteiger partial charge is 0.123 e. The van der Waals surface area contributed by atoms with Crippen LogP contribution in [0.4, 0.5) is 0 Å². The van der Waals surface area contributed by atoms with E-state index in [2.05, 4.69) is 0 Å². The highest BCUT2D eigenvalue weighted by molar-refractivity contribution is 4.97. The van der Waals surface area contributed by atoms with Crippen molar-refractivity contribution in [3.8, 4) is 0 Å². The molecule has 0 bridgehead atoms. The van der Waals surface area contributed by atoms with Crippen LogP contribution in [0.1, 0.15) is 27.2 Å². The van der Waals surface area contributed by atoms with Gasteiger partial charge in [-0.15, -0.1) is 0 Å². The quantitative estimate of drug-likeness (QED) is 0.558. The third kappa shape index (κ3) is 1.16. The Bertz CT molecular complexity index is 157. The van der Waals surface area contributed by atoms with Gasteiger partial charge in [0.15, 0.2) is 0 Å². The van der Waals surface area contributed by atoms with Crippen LogP contribution in [0.5, 0.6) is 0 Å². The molecule has 2 N–H and O–H groups in total. The molecule has 1 heterocycles. The van der Waals surface area contributed by atoms with E-state index in [4.69, 9.17) is 0 Å². The largest absolute Gasteiger partial charge is 0.392 e. The number of piperidine rings is 1. The highest BCUT2D eigenvalue weighted by Crippen LogP contribution is 2.40. The van der Waals surface area contributed by atoms with E-state index in [9.17, 15) is 10.2 Å². The van der Waals surface area contributed by atoms with Crippen molar-refractivity contribution < 1.29 is 10.2 Å². The van der Waals surface area contributed by atoms with Gasteiger partial charge in [0.25, 0.3) is 0 Å². The molecule has 3 heteroatoms. The van der Waals surface area contributed by atoms with Crippen molar-refractivity contribution in [3.63, 3.8) is 0 Å². The summed E-state index contributed by atoms with van der Waals surface area (Å²) in [5, 5.41) is 19.8. The molecule has 0 aromatic rings. The Morgan fingerprint density at radius 3 is 2.25 bits per heavy atom. The van der Waals surface area contributed by atoms with E-state index in [0.29, 0.717) is 0 Å². The summed E-state index contributed by atoms with van der Waals surface area (Å²) in [6, 6.07) is 0. The fraction of sp³-hybridized carbons (Fsp3) is 1.00. The zero-order valence-corrected chi connectivity index (χ0v) is 8.33. The van der Waals surface area contributed by atoms with Crippen molar-refractivity contribution in [1.29, 1.82) is 0 Å². The molecule has 0 spiro atoms. The van der Waals surface area contributed by atoms with Crippen LogP contribution in [0, 0.1) is 5.41 Å². The van der Waals surface area contributed by atoms with Crippen LogP contribution < -0.4 is 0 Å². The van der Waals surface area contributed by atoms with Crippen molar-refractivity contribution in [2.75, 3.05) is 13.6 Å². The van der Waals surface area contributed by atoms with Crippen LogP contribution in [0.15, 0.2) is 0 Å². The third-order valence-corrected chi connectivity index (χ3v) is 3.53. The van der Waals surface area contributed by atoms with Crippen LogP contribution >= 0.6 is 0 Å². The van der Waals surface area contributed by atoms with Gasteiger partial charge in [0.05, 0.1) is 6.10 Å². The van der Waals surface area contributed by atoms with Crippen molar-refractivity contribution in [1.82, 2.24) is 4.90 Å². The number of likely N-dealkylation sites (tertiary alicyclic amines) is 1. The zero-order chi connectivity index (χ0) is 9.57. The van der Waals surface area contributed by atoms with Gasteiger partial charge in [-0.25, -0.2) is 0 Å². The fourth-order valence-corrected chi connectivity index (χ4v) is 1.70. The molecule has 12 heavy (non-hydrogen) atoms. The van der Waals surface area contributed by atoms with E-state index in [1.54, 1.807) is 6.92 Å². The molecule has 1 saturated heterocycles. The number of hydrogen-bond acceptors (Lipinski definition) is 3. The maximum Gasteiger partial charge on any atom is 0.123 e. The molecule has 0 saturated carbocycles. The first-order valence-electron chi connectivity index (χ1n) is 4.42. The summed E-state index contributed by atoms with van der Waals surface area (Å²) in [7, 11) is 1.88. The second kappa shape index (κ2) is 2.69. The van der Waals surface area contributed by atoms with E-state index >= 15 is 0 Å². The molecule has 1 fully saturated rings. The summed E-state index contributed by atoms with van der Waals surface area (Å²) in [5.74, 6) is 0. The van der Waals surface area contributed by atoms with Crippen LogP contribution in [0.2, 0.25) is 0 Å². The molecule has 3 nitrogen and oxygen atoms in total. The van der Waals surface area contributed by atoms with Gasteiger partial charge in [-0.3, -0.25) is 4.90 Å². The van der Waals surface area contributed by atoms with E-state index in [1.807, 2.05) is 25.8 Å². The predicted molar refractivity (Wildman–Crippen MR) is 47.7 cm³/mol. The molecule has 0 aromatic carbocycles. The van der Waals surface area contributed by atoms with Crippen molar-refractivity contribution in [2.45, 2.75) is 39.0 Å². The number of nitrogens with zero attached hydrogens (tertiary/aromatic N) is 1. The molecular formula is C9H19NO2. The van der Waals surface area contributed by atoms with Gasteiger partial charge in [0, 0.05) is 12.0 Å². The van der Waals surface area contributed by atoms with Gasteiger partial charge in [-0.1, -0.05) is 13.8 Å². The van der Waals surface area contributed by atoms with E-state index < -0.39 is 17.2 Å². The second-order valence-electron chi connectivity index (χ2n) is 4.47. The summed E-state index contributed by atoms with van der Waals surface area (Å²) in [6.45, 7) is 6.30. The minimum Gasteiger partial charge on any atom is -0.392 e. The Morgan fingerprint density at radius 1 is 1.33 bits per heavy atom. The average molecular weight is 173 g/mol. The van der Waals surface area contributed by atoms with Gasteiger partial charge in [-0.05, 0) is 20.4 Å². The lowest BCUT2D eigenvalue weighted by Gasteiger charge is -2.52. The molecular weight excluding hydrogens is 154 g/mol. The van der Waals surface area contributed by atoms with Gasteiger partial charge in [0.1, 0.15) is 5.72 Å². The number of hydrogen-bond donors (Lipinski definition) is 2. The summed E-state index contributed by atoms with van der Waals surface area (Å²) in [4.78, 5) is 1.89. The Hall–Kier alpha value is -0.120. The third-order valence-electron chi connectivity index (χ3n) is 3.53. The Labute approximate surface area is 74.0 Å². The molecule has 0 aliphatic carbocycles. The molecule has 72 valence electrons. The molecule has 1 aliphatic rings. The Balaban J connectivity index is 2.92. The normalized spacial score (nSPS) is 43.0. The second-order valence-corrected chi connectivity index (χ2v) is 4.47. The molecule has 0 radical (unpaired) electrons. The first kappa shape index (κ1) is 9.96. The van der Waals surface area contributed by atoms with Crippen LogP contribution in [0.25, 0.3) is 0 Å². The summed E-state index contributed by atoms with van der Waals surface area (Å²) in [5.41, 5.74) is -1.37. The molecule has 0 amide bonds. The van der Waals surface area contributed by atoms with Gasteiger partial charge in [0.2, 0.25) is 0 Å². The van der Waals surface area contributed by atoms with Crippen molar-refractivity contribution >= 4 is 0 Å². The predicted octanol–water partition coefficient (Wildman–Crippen LogP) is 0.417. The van der Waals surface area contributed by atoms with Gasteiger partial charge < -0.3 is 10.2 Å². The summed E-state index contributed by atoms with van der Waals surface area (Å²) in [6.07, 6.45) is 0.323. The lowest BCUT2D eigenvalue weighted by molar-refractivity contribution is -0.223. The maximum atomic E-state index is 10.1. The highest BCUT2D eigenvalue weighted by atomic mass is 16.3. The molecule has 1 aliphatic heterocycles. The fourth-order valence-electron chi connectivity index (χ4n) is 1.70. The number of rotatable bonds is 0.